The Morgan fingerprint density at radius 1 is 1.10 bits per heavy atom. The minimum atomic E-state index is -0.689. The van der Waals surface area contributed by atoms with Crippen LogP contribution in [0.3, 0.4) is 0 Å². The summed E-state index contributed by atoms with van der Waals surface area (Å²) in [5, 5.41) is 12.9. The molecular weight excluding hydrogens is 250 g/mol. The van der Waals surface area contributed by atoms with Crippen molar-refractivity contribution in [3.63, 3.8) is 0 Å². The fraction of sp³-hybridized carbons (Fsp3) is 0.235. The highest BCUT2D eigenvalue weighted by Gasteiger charge is 2.12. The number of hydrogen-bond donors (Lipinski definition) is 2. The van der Waals surface area contributed by atoms with E-state index in [1.54, 1.807) is 12.1 Å². The van der Waals surface area contributed by atoms with Crippen molar-refractivity contribution in [2.45, 2.75) is 20.0 Å². The lowest BCUT2D eigenvalue weighted by Gasteiger charge is -2.14. The molecule has 2 N–H and O–H groups in total. The highest BCUT2D eigenvalue weighted by Crippen LogP contribution is 2.16. The molecule has 0 aliphatic heterocycles. The van der Waals surface area contributed by atoms with Crippen LogP contribution in [0.25, 0.3) is 0 Å². The normalized spacial score (nSPS) is 11.9. The van der Waals surface area contributed by atoms with E-state index in [0.717, 1.165) is 16.7 Å². The van der Waals surface area contributed by atoms with Crippen molar-refractivity contribution in [2.24, 2.45) is 0 Å². The van der Waals surface area contributed by atoms with Crippen molar-refractivity contribution in [1.82, 2.24) is 5.32 Å². The van der Waals surface area contributed by atoms with Crippen LogP contribution >= 0.6 is 0 Å². The summed E-state index contributed by atoms with van der Waals surface area (Å²) in [4.78, 5) is 12.0. The van der Waals surface area contributed by atoms with Crippen LogP contribution in [0.15, 0.2) is 48.5 Å². The molecule has 0 saturated carbocycles. The third-order valence-corrected chi connectivity index (χ3v) is 3.32. The van der Waals surface area contributed by atoms with Crippen molar-refractivity contribution < 1.29 is 9.90 Å². The average molecular weight is 269 g/mol. The molecule has 20 heavy (non-hydrogen) atoms. The van der Waals surface area contributed by atoms with Crippen LogP contribution in [0.4, 0.5) is 0 Å². The molecule has 0 aliphatic rings. The number of nitrogens with one attached hydrogen (secondary N) is 1. The molecule has 104 valence electrons. The number of rotatable bonds is 4. The predicted octanol–water partition coefficient (Wildman–Crippen LogP) is 2.77. The number of carbonyl (C=O) groups excluding carboxylic acids is 1. The summed E-state index contributed by atoms with van der Waals surface area (Å²) in [6.07, 6.45) is -0.689. The number of carbonyl (C=O) groups is 1. The van der Waals surface area contributed by atoms with E-state index in [4.69, 9.17) is 0 Å². The van der Waals surface area contributed by atoms with Gasteiger partial charge in [-0.3, -0.25) is 4.79 Å². The molecule has 2 aromatic rings. The fourth-order valence-corrected chi connectivity index (χ4v) is 2.07. The lowest BCUT2D eigenvalue weighted by molar-refractivity contribution is 0.0916. The summed E-state index contributed by atoms with van der Waals surface area (Å²) < 4.78 is 0. The lowest BCUT2D eigenvalue weighted by Crippen LogP contribution is -2.28. The third-order valence-electron chi connectivity index (χ3n) is 3.32. The Morgan fingerprint density at radius 2 is 1.75 bits per heavy atom. The molecule has 0 radical (unpaired) electrons. The van der Waals surface area contributed by atoms with Gasteiger partial charge in [-0.1, -0.05) is 42.0 Å². The van der Waals surface area contributed by atoms with Crippen LogP contribution in [0, 0.1) is 13.8 Å². The van der Waals surface area contributed by atoms with Crippen molar-refractivity contribution in [3.05, 3.63) is 70.8 Å². The molecule has 1 amide bonds. The zero-order chi connectivity index (χ0) is 14.5. The van der Waals surface area contributed by atoms with Crippen LogP contribution in [0.1, 0.15) is 33.2 Å². The van der Waals surface area contributed by atoms with E-state index in [1.165, 1.54) is 0 Å². The summed E-state index contributed by atoms with van der Waals surface area (Å²) in [6.45, 7) is 4.13. The van der Waals surface area contributed by atoms with Gasteiger partial charge < -0.3 is 10.4 Å². The molecular formula is C17H19NO2. The second-order valence-corrected chi connectivity index (χ2v) is 4.95. The molecule has 0 bridgehead atoms. The molecule has 0 spiro atoms. The first-order valence-corrected chi connectivity index (χ1v) is 6.66. The lowest BCUT2D eigenvalue weighted by atomic mass is 10.0. The minimum absolute atomic E-state index is 0.169. The molecule has 1 unspecified atom stereocenters. The third kappa shape index (κ3) is 3.45. The maximum atomic E-state index is 12.0. The van der Waals surface area contributed by atoms with Gasteiger partial charge in [0.15, 0.2) is 0 Å². The van der Waals surface area contributed by atoms with Gasteiger partial charge in [-0.05, 0) is 37.1 Å². The van der Waals surface area contributed by atoms with Crippen LogP contribution in [0.2, 0.25) is 0 Å². The van der Waals surface area contributed by atoms with Gasteiger partial charge in [0, 0.05) is 12.1 Å². The molecule has 3 heteroatoms. The summed E-state index contributed by atoms with van der Waals surface area (Å²) in [5.41, 5.74) is 3.58. The highest BCUT2D eigenvalue weighted by atomic mass is 16.3. The van der Waals surface area contributed by atoms with E-state index in [2.05, 4.69) is 5.32 Å². The Hall–Kier alpha value is -2.13. The standard InChI is InChI=1S/C17H19NO2/c1-12-7-9-14(10-8-12)17(20)18-11-16(19)15-6-4-3-5-13(15)2/h3-10,16,19H,11H2,1-2H3,(H,18,20). The Kier molecular flexibility index (Phi) is 4.53. The van der Waals surface area contributed by atoms with E-state index in [0.29, 0.717) is 5.56 Å². The zero-order valence-corrected chi connectivity index (χ0v) is 11.8. The van der Waals surface area contributed by atoms with Gasteiger partial charge in [-0.25, -0.2) is 0 Å². The van der Waals surface area contributed by atoms with E-state index in [1.807, 2.05) is 50.2 Å². The number of hydrogen-bond acceptors (Lipinski definition) is 2. The van der Waals surface area contributed by atoms with Crippen molar-refractivity contribution in [2.75, 3.05) is 6.54 Å². The highest BCUT2D eigenvalue weighted by molar-refractivity contribution is 5.94. The average Bonchev–Trinajstić information content (AvgIpc) is 2.45. The van der Waals surface area contributed by atoms with Gasteiger partial charge in [0.25, 0.3) is 5.91 Å². The predicted molar refractivity (Wildman–Crippen MR) is 79.7 cm³/mol. The summed E-state index contributed by atoms with van der Waals surface area (Å²) in [6, 6.07) is 15.0. The molecule has 0 heterocycles. The largest absolute Gasteiger partial charge is 0.387 e. The van der Waals surface area contributed by atoms with Gasteiger partial charge in [-0.2, -0.15) is 0 Å². The SMILES string of the molecule is Cc1ccc(C(=O)NCC(O)c2ccccc2C)cc1. The molecule has 2 rings (SSSR count). The van der Waals surface area contributed by atoms with Gasteiger partial charge in [0.05, 0.1) is 6.10 Å². The summed E-state index contributed by atoms with van der Waals surface area (Å²) >= 11 is 0. The van der Waals surface area contributed by atoms with Crippen molar-refractivity contribution >= 4 is 5.91 Å². The summed E-state index contributed by atoms with van der Waals surface area (Å²) in [7, 11) is 0. The fourth-order valence-electron chi connectivity index (χ4n) is 2.07. The smallest absolute Gasteiger partial charge is 0.251 e. The number of benzene rings is 2. The maximum absolute atomic E-state index is 12.0. The summed E-state index contributed by atoms with van der Waals surface area (Å²) in [5.74, 6) is -0.169. The van der Waals surface area contributed by atoms with Gasteiger partial charge in [-0.15, -0.1) is 0 Å². The number of aliphatic hydroxyl groups excluding tert-OH is 1. The van der Waals surface area contributed by atoms with E-state index < -0.39 is 6.10 Å². The van der Waals surface area contributed by atoms with E-state index in [9.17, 15) is 9.90 Å². The zero-order valence-electron chi connectivity index (χ0n) is 11.8. The van der Waals surface area contributed by atoms with Crippen LogP contribution in [0.5, 0.6) is 0 Å². The first-order chi connectivity index (χ1) is 9.58. The second kappa shape index (κ2) is 6.35. The quantitative estimate of drug-likeness (QED) is 0.896. The van der Waals surface area contributed by atoms with Gasteiger partial charge in [0.1, 0.15) is 0 Å². The Morgan fingerprint density at radius 3 is 2.40 bits per heavy atom. The number of aryl methyl sites for hydroxylation is 2. The molecule has 1 atom stereocenters. The van der Waals surface area contributed by atoms with Crippen LogP contribution in [-0.4, -0.2) is 17.6 Å². The van der Waals surface area contributed by atoms with Crippen LogP contribution in [-0.2, 0) is 0 Å². The molecule has 0 saturated heterocycles. The topological polar surface area (TPSA) is 49.3 Å². The van der Waals surface area contributed by atoms with Crippen LogP contribution < -0.4 is 5.32 Å². The first-order valence-electron chi connectivity index (χ1n) is 6.66. The maximum Gasteiger partial charge on any atom is 0.251 e. The first kappa shape index (κ1) is 14.3. The molecule has 0 fully saturated rings. The van der Waals surface area contributed by atoms with Gasteiger partial charge in [0.2, 0.25) is 0 Å². The number of amides is 1. The van der Waals surface area contributed by atoms with E-state index >= 15 is 0 Å². The van der Waals surface area contributed by atoms with Crippen molar-refractivity contribution in [1.29, 1.82) is 0 Å². The molecule has 3 nitrogen and oxygen atoms in total. The van der Waals surface area contributed by atoms with E-state index in [-0.39, 0.29) is 12.5 Å². The Labute approximate surface area is 119 Å². The van der Waals surface area contributed by atoms with Gasteiger partial charge >= 0.3 is 0 Å². The molecule has 2 aromatic carbocycles. The Balaban J connectivity index is 1.97. The monoisotopic (exact) mass is 269 g/mol. The minimum Gasteiger partial charge on any atom is -0.387 e. The molecule has 0 aliphatic carbocycles. The number of aliphatic hydroxyl groups is 1. The Bertz CT molecular complexity index is 590. The van der Waals surface area contributed by atoms with Crippen molar-refractivity contribution in [3.8, 4) is 0 Å². The second-order valence-electron chi connectivity index (χ2n) is 4.95. The molecule has 0 aromatic heterocycles.